The van der Waals surface area contributed by atoms with Gasteiger partial charge in [-0.25, -0.2) is 9.13 Å². The SMILES string of the molecule is [Cl-].c1c[n+](C2CCCCC2)cn1C12CC3CC(CC(C3)C1)C2. The molecule has 4 bridgehead atoms. The Morgan fingerprint density at radius 2 is 1.45 bits per heavy atom. The van der Waals surface area contributed by atoms with Crippen LogP contribution >= 0.6 is 0 Å². The Morgan fingerprint density at radius 1 is 0.864 bits per heavy atom. The number of nitrogens with zero attached hydrogens (tertiary/aromatic N) is 2. The molecule has 0 amide bonds. The Labute approximate surface area is 140 Å². The average Bonchev–Trinajstić information content (AvgIpc) is 2.97. The van der Waals surface area contributed by atoms with Crippen LogP contribution in [0.15, 0.2) is 18.7 Å². The van der Waals surface area contributed by atoms with Crippen LogP contribution in [0.1, 0.15) is 76.7 Å². The van der Waals surface area contributed by atoms with Crippen LogP contribution in [0.3, 0.4) is 0 Å². The summed E-state index contributed by atoms with van der Waals surface area (Å²) in [7, 11) is 0. The molecular weight excluding hydrogens is 292 g/mol. The number of hydrogen-bond donors (Lipinski definition) is 0. The number of rotatable bonds is 2. The first-order chi connectivity index (χ1) is 10.3. The zero-order valence-electron chi connectivity index (χ0n) is 13.6. The van der Waals surface area contributed by atoms with Gasteiger partial charge in [0.15, 0.2) is 0 Å². The van der Waals surface area contributed by atoms with Gasteiger partial charge in [0.1, 0.15) is 24.0 Å². The van der Waals surface area contributed by atoms with Gasteiger partial charge in [0.2, 0.25) is 6.33 Å². The zero-order chi connectivity index (χ0) is 13.9. The summed E-state index contributed by atoms with van der Waals surface area (Å²) in [5.41, 5.74) is 0.509. The van der Waals surface area contributed by atoms with Gasteiger partial charge in [0.05, 0.1) is 0 Å². The highest BCUT2D eigenvalue weighted by molar-refractivity contribution is 5.05. The summed E-state index contributed by atoms with van der Waals surface area (Å²) in [6.45, 7) is 0. The molecule has 22 heavy (non-hydrogen) atoms. The monoisotopic (exact) mass is 320 g/mol. The van der Waals surface area contributed by atoms with E-state index in [4.69, 9.17) is 0 Å². The van der Waals surface area contributed by atoms with E-state index < -0.39 is 0 Å². The van der Waals surface area contributed by atoms with Crippen molar-refractivity contribution in [2.45, 2.75) is 82.2 Å². The summed E-state index contributed by atoms with van der Waals surface area (Å²) >= 11 is 0. The summed E-state index contributed by atoms with van der Waals surface area (Å²) in [5, 5.41) is 0. The van der Waals surface area contributed by atoms with Gasteiger partial charge in [-0.1, -0.05) is 6.42 Å². The van der Waals surface area contributed by atoms with Crippen LogP contribution in [-0.4, -0.2) is 4.57 Å². The van der Waals surface area contributed by atoms with Gasteiger partial charge in [-0.3, -0.25) is 0 Å². The van der Waals surface area contributed by atoms with E-state index in [-0.39, 0.29) is 12.4 Å². The number of hydrogen-bond acceptors (Lipinski definition) is 0. The molecule has 0 atom stereocenters. The smallest absolute Gasteiger partial charge is 0.244 e. The van der Waals surface area contributed by atoms with E-state index in [2.05, 4.69) is 27.9 Å². The van der Waals surface area contributed by atoms with Crippen molar-refractivity contribution in [1.82, 2.24) is 4.57 Å². The Balaban J connectivity index is 0.00000125. The van der Waals surface area contributed by atoms with Crippen molar-refractivity contribution in [2.75, 3.05) is 0 Å². The zero-order valence-corrected chi connectivity index (χ0v) is 14.3. The quantitative estimate of drug-likeness (QED) is 0.724. The van der Waals surface area contributed by atoms with Crippen LogP contribution in [0, 0.1) is 17.8 Å². The van der Waals surface area contributed by atoms with Gasteiger partial charge in [-0.15, -0.1) is 0 Å². The first-order valence-electron chi connectivity index (χ1n) is 9.40. The second-order valence-corrected chi connectivity index (χ2v) is 8.70. The lowest BCUT2D eigenvalue weighted by Crippen LogP contribution is -3.00. The van der Waals surface area contributed by atoms with E-state index in [1.54, 1.807) is 19.3 Å². The van der Waals surface area contributed by atoms with Gasteiger partial charge < -0.3 is 12.4 Å². The highest BCUT2D eigenvalue weighted by Gasteiger charge is 2.54. The molecule has 5 aliphatic carbocycles. The van der Waals surface area contributed by atoms with E-state index in [9.17, 15) is 0 Å². The largest absolute Gasteiger partial charge is 1.00 e. The maximum absolute atomic E-state index is 2.66. The molecule has 122 valence electrons. The molecule has 0 saturated heterocycles. The highest BCUT2D eigenvalue weighted by Crippen LogP contribution is 2.58. The van der Waals surface area contributed by atoms with E-state index in [0.717, 1.165) is 23.8 Å². The molecule has 5 aliphatic rings. The average molecular weight is 321 g/mol. The standard InChI is InChI=1S/C19H29N2.ClH/c1-2-4-18(5-3-1)20-6-7-21(14-20)19-11-15-8-16(12-19)10-17(9-15)13-19;/h6-7,14-18H,1-5,8-13H2;1H/q+1;/p-1. The van der Waals surface area contributed by atoms with E-state index in [1.807, 2.05) is 0 Å². The first kappa shape index (κ1) is 15.1. The maximum atomic E-state index is 2.66. The van der Waals surface area contributed by atoms with Crippen LogP contribution in [-0.2, 0) is 5.54 Å². The van der Waals surface area contributed by atoms with Gasteiger partial charge >= 0.3 is 0 Å². The molecule has 2 nitrogen and oxygen atoms in total. The molecule has 1 aromatic heterocycles. The molecule has 3 heteroatoms. The minimum atomic E-state index is 0. The molecule has 0 aromatic carbocycles. The summed E-state index contributed by atoms with van der Waals surface area (Å²) in [5.74, 6) is 3.13. The molecular formula is C19H29ClN2. The number of halogens is 1. The van der Waals surface area contributed by atoms with Gasteiger partial charge in [-0.05, 0) is 82.0 Å². The summed E-state index contributed by atoms with van der Waals surface area (Å²) in [6.07, 6.45) is 23.4. The van der Waals surface area contributed by atoms with Crippen LogP contribution in [0.5, 0.6) is 0 Å². The third-order valence-corrected chi connectivity index (χ3v) is 7.21. The third-order valence-electron chi connectivity index (χ3n) is 7.21. The molecule has 5 fully saturated rings. The fraction of sp³-hybridized carbons (Fsp3) is 0.842. The topological polar surface area (TPSA) is 8.81 Å². The number of aromatic nitrogens is 2. The molecule has 0 radical (unpaired) electrons. The molecule has 0 spiro atoms. The molecule has 0 unspecified atom stereocenters. The van der Waals surface area contributed by atoms with Crippen molar-refractivity contribution in [3.63, 3.8) is 0 Å². The predicted molar refractivity (Wildman–Crippen MR) is 82.9 cm³/mol. The molecule has 0 aliphatic heterocycles. The molecule has 0 N–H and O–H groups in total. The third kappa shape index (κ3) is 2.33. The molecule has 5 saturated carbocycles. The first-order valence-corrected chi connectivity index (χ1v) is 9.40. The van der Waals surface area contributed by atoms with Crippen molar-refractivity contribution >= 4 is 0 Å². The lowest BCUT2D eigenvalue weighted by Gasteiger charge is -2.54. The summed E-state index contributed by atoms with van der Waals surface area (Å²) in [4.78, 5) is 0. The Bertz CT molecular complexity index is 494. The Morgan fingerprint density at radius 3 is 2.05 bits per heavy atom. The lowest BCUT2D eigenvalue weighted by molar-refractivity contribution is -0.725. The van der Waals surface area contributed by atoms with Crippen molar-refractivity contribution in [3.8, 4) is 0 Å². The van der Waals surface area contributed by atoms with Crippen LogP contribution in [0.25, 0.3) is 0 Å². The van der Waals surface area contributed by atoms with Crippen LogP contribution in [0.4, 0.5) is 0 Å². The van der Waals surface area contributed by atoms with E-state index in [0.29, 0.717) is 5.54 Å². The Hall–Kier alpha value is -0.500. The molecule has 6 rings (SSSR count). The van der Waals surface area contributed by atoms with Crippen molar-refractivity contribution in [1.29, 1.82) is 0 Å². The van der Waals surface area contributed by atoms with Crippen LogP contribution < -0.4 is 17.0 Å². The van der Waals surface area contributed by atoms with Crippen molar-refractivity contribution in [2.24, 2.45) is 17.8 Å². The number of imidazole rings is 1. The fourth-order valence-electron chi connectivity index (χ4n) is 6.63. The maximum Gasteiger partial charge on any atom is 0.244 e. The van der Waals surface area contributed by atoms with Crippen LogP contribution in [0.2, 0.25) is 0 Å². The Kier molecular flexibility index (Phi) is 3.79. The summed E-state index contributed by atoms with van der Waals surface area (Å²) in [6, 6.07) is 0.786. The second kappa shape index (κ2) is 5.54. The van der Waals surface area contributed by atoms with Gasteiger partial charge in [-0.2, -0.15) is 0 Å². The fourth-order valence-corrected chi connectivity index (χ4v) is 6.63. The van der Waals surface area contributed by atoms with E-state index in [1.165, 1.54) is 51.4 Å². The second-order valence-electron chi connectivity index (χ2n) is 8.70. The highest BCUT2D eigenvalue weighted by atomic mass is 35.5. The normalized spacial score (nSPS) is 40.6. The minimum Gasteiger partial charge on any atom is -1.00 e. The van der Waals surface area contributed by atoms with E-state index >= 15 is 0 Å². The lowest BCUT2D eigenvalue weighted by atomic mass is 9.53. The predicted octanol–water partition coefficient (Wildman–Crippen LogP) is 1.21. The molecule has 1 aromatic rings. The minimum absolute atomic E-state index is 0. The van der Waals surface area contributed by atoms with Crippen molar-refractivity contribution < 1.29 is 17.0 Å². The van der Waals surface area contributed by atoms with Gasteiger partial charge in [0.25, 0.3) is 0 Å². The van der Waals surface area contributed by atoms with Gasteiger partial charge in [0, 0.05) is 0 Å². The molecule has 1 heterocycles. The summed E-state index contributed by atoms with van der Waals surface area (Å²) < 4.78 is 5.21. The van der Waals surface area contributed by atoms with Crippen molar-refractivity contribution in [3.05, 3.63) is 18.7 Å².